The molecule has 0 unspecified atom stereocenters. The van der Waals surface area contributed by atoms with E-state index in [0.717, 1.165) is 31.0 Å². The van der Waals surface area contributed by atoms with Gasteiger partial charge in [0.05, 0.1) is 5.69 Å². The highest BCUT2D eigenvalue weighted by Crippen LogP contribution is 2.23. The number of urea groups is 1. The maximum atomic E-state index is 12.2. The number of carbonyl (C=O) groups is 2. The molecule has 7 nitrogen and oxygen atoms in total. The van der Waals surface area contributed by atoms with Gasteiger partial charge in [-0.3, -0.25) is 14.6 Å². The van der Waals surface area contributed by atoms with E-state index in [2.05, 4.69) is 35.7 Å². The average molecular weight is 333 g/mol. The number of hydrogen-bond donors (Lipinski definition) is 1. The number of nitrogens with zero attached hydrogens (tertiary/aromatic N) is 4. The number of fused-ring (bicyclic) bond motifs is 1. The Morgan fingerprint density at radius 3 is 2.54 bits per heavy atom. The Balaban J connectivity index is 1.64. The van der Waals surface area contributed by atoms with Crippen LogP contribution < -0.4 is 5.32 Å². The summed E-state index contributed by atoms with van der Waals surface area (Å²) in [5, 5.41) is 2.72. The molecule has 1 aromatic heterocycles. The van der Waals surface area contributed by atoms with Gasteiger partial charge in [-0.2, -0.15) is 0 Å². The Bertz CT molecular complexity index is 677. The molecule has 0 saturated carbocycles. The summed E-state index contributed by atoms with van der Waals surface area (Å²) < 4.78 is 2.22. The number of nitrogens with one attached hydrogen (secondary N) is 1. The van der Waals surface area contributed by atoms with Crippen molar-refractivity contribution in [3.05, 3.63) is 17.2 Å². The molecule has 3 amide bonds. The lowest BCUT2D eigenvalue weighted by Crippen LogP contribution is -2.42. The topological polar surface area (TPSA) is 70.5 Å². The summed E-state index contributed by atoms with van der Waals surface area (Å²) in [6.45, 7) is 10.6. The minimum atomic E-state index is -0.792. The van der Waals surface area contributed by atoms with Gasteiger partial charge in [-0.05, 0) is 13.8 Å². The van der Waals surface area contributed by atoms with Gasteiger partial charge in [0, 0.05) is 51.3 Å². The van der Waals surface area contributed by atoms with Crippen molar-refractivity contribution in [1.82, 2.24) is 24.7 Å². The van der Waals surface area contributed by atoms with Crippen molar-refractivity contribution in [3.63, 3.8) is 0 Å². The number of carbonyl (C=O) groups excluding carboxylic acids is 2. The summed E-state index contributed by atoms with van der Waals surface area (Å²) in [5.41, 5.74) is 1.65. The molecule has 24 heavy (non-hydrogen) atoms. The summed E-state index contributed by atoms with van der Waals surface area (Å²) in [4.78, 5) is 32.6. The van der Waals surface area contributed by atoms with Crippen molar-refractivity contribution in [2.45, 2.75) is 52.1 Å². The Morgan fingerprint density at radius 1 is 1.25 bits per heavy atom. The molecule has 0 spiro atoms. The molecule has 0 radical (unpaired) electrons. The second-order valence-electron chi connectivity index (χ2n) is 7.62. The molecule has 7 heteroatoms. The van der Waals surface area contributed by atoms with Crippen molar-refractivity contribution in [3.8, 4) is 0 Å². The van der Waals surface area contributed by atoms with E-state index in [0.29, 0.717) is 19.0 Å². The number of amides is 3. The van der Waals surface area contributed by atoms with Gasteiger partial charge in [0.15, 0.2) is 0 Å². The van der Waals surface area contributed by atoms with Crippen LogP contribution in [0.4, 0.5) is 4.79 Å². The molecule has 132 valence electrons. The first-order valence-corrected chi connectivity index (χ1v) is 8.61. The van der Waals surface area contributed by atoms with Gasteiger partial charge >= 0.3 is 6.03 Å². The molecule has 0 atom stereocenters. The zero-order valence-corrected chi connectivity index (χ0v) is 15.2. The van der Waals surface area contributed by atoms with Crippen LogP contribution in [0.25, 0.3) is 0 Å². The first-order chi connectivity index (χ1) is 11.2. The zero-order chi connectivity index (χ0) is 17.6. The normalized spacial score (nSPS) is 20.7. The second-order valence-corrected chi connectivity index (χ2v) is 7.62. The van der Waals surface area contributed by atoms with E-state index in [-0.39, 0.29) is 11.9 Å². The standard InChI is InChI=1S/C17H27N5O2/c1-11(2)14-18-12-10-21(7-6-13(12)20(14)5)8-9-22-15(23)17(3,4)19-16(22)24/h11H,6-10H2,1-5H3,(H,19,24). The number of aromatic nitrogens is 2. The van der Waals surface area contributed by atoms with Gasteiger partial charge in [-0.15, -0.1) is 0 Å². The fourth-order valence-corrected chi connectivity index (χ4v) is 3.57. The van der Waals surface area contributed by atoms with Crippen LogP contribution in [0, 0.1) is 0 Å². The highest BCUT2D eigenvalue weighted by atomic mass is 16.2. The van der Waals surface area contributed by atoms with Crippen molar-refractivity contribution >= 4 is 11.9 Å². The molecular formula is C17H27N5O2. The van der Waals surface area contributed by atoms with E-state index in [9.17, 15) is 9.59 Å². The van der Waals surface area contributed by atoms with E-state index in [1.165, 1.54) is 10.6 Å². The largest absolute Gasteiger partial charge is 0.335 e. The van der Waals surface area contributed by atoms with Crippen LogP contribution in [0.15, 0.2) is 0 Å². The third kappa shape index (κ3) is 2.81. The van der Waals surface area contributed by atoms with Crippen LogP contribution in [0.1, 0.15) is 50.8 Å². The molecule has 0 aliphatic carbocycles. The van der Waals surface area contributed by atoms with Crippen LogP contribution in [0.3, 0.4) is 0 Å². The molecular weight excluding hydrogens is 306 g/mol. The molecule has 1 aromatic rings. The van der Waals surface area contributed by atoms with Gasteiger partial charge in [0.1, 0.15) is 11.4 Å². The van der Waals surface area contributed by atoms with Crippen LogP contribution >= 0.6 is 0 Å². The summed E-state index contributed by atoms with van der Waals surface area (Å²) in [6, 6.07) is -0.289. The summed E-state index contributed by atoms with van der Waals surface area (Å²) in [5.74, 6) is 1.38. The predicted molar refractivity (Wildman–Crippen MR) is 90.6 cm³/mol. The van der Waals surface area contributed by atoms with E-state index in [1.54, 1.807) is 13.8 Å². The minimum Gasteiger partial charge on any atom is -0.335 e. The smallest absolute Gasteiger partial charge is 0.325 e. The first kappa shape index (κ1) is 17.0. The van der Waals surface area contributed by atoms with Gasteiger partial charge in [0.25, 0.3) is 5.91 Å². The number of rotatable bonds is 4. The maximum Gasteiger partial charge on any atom is 0.325 e. The molecule has 1 fully saturated rings. The molecule has 1 N–H and O–H groups in total. The lowest BCUT2D eigenvalue weighted by Gasteiger charge is -2.28. The number of hydrogen-bond acceptors (Lipinski definition) is 4. The maximum absolute atomic E-state index is 12.2. The van der Waals surface area contributed by atoms with E-state index in [4.69, 9.17) is 4.98 Å². The summed E-state index contributed by atoms with van der Waals surface area (Å²) >= 11 is 0. The van der Waals surface area contributed by atoms with E-state index in [1.807, 2.05) is 0 Å². The summed E-state index contributed by atoms with van der Waals surface area (Å²) in [7, 11) is 2.09. The average Bonchev–Trinajstić information content (AvgIpc) is 2.92. The third-order valence-corrected chi connectivity index (χ3v) is 4.97. The van der Waals surface area contributed by atoms with Crippen molar-refractivity contribution in [2.75, 3.05) is 19.6 Å². The monoisotopic (exact) mass is 333 g/mol. The van der Waals surface area contributed by atoms with E-state index < -0.39 is 5.54 Å². The molecule has 2 aliphatic heterocycles. The lowest BCUT2D eigenvalue weighted by molar-refractivity contribution is -0.130. The molecule has 2 aliphatic rings. The SMILES string of the molecule is CC(C)c1nc2c(n1C)CCN(CCN1C(=O)NC(C)(C)C1=O)C2. The van der Waals surface area contributed by atoms with Gasteiger partial charge in [0.2, 0.25) is 0 Å². The number of imide groups is 1. The van der Waals surface area contributed by atoms with Gasteiger partial charge < -0.3 is 9.88 Å². The molecule has 0 bridgehead atoms. The molecule has 0 aromatic carbocycles. The quantitative estimate of drug-likeness (QED) is 0.842. The fraction of sp³-hybridized carbons (Fsp3) is 0.706. The summed E-state index contributed by atoms with van der Waals surface area (Å²) in [6.07, 6.45) is 0.956. The Morgan fingerprint density at radius 2 is 1.96 bits per heavy atom. The van der Waals surface area contributed by atoms with Crippen molar-refractivity contribution in [2.24, 2.45) is 7.05 Å². The van der Waals surface area contributed by atoms with Crippen LogP contribution in [0.2, 0.25) is 0 Å². The first-order valence-electron chi connectivity index (χ1n) is 8.61. The molecule has 1 saturated heterocycles. The van der Waals surface area contributed by atoms with Crippen LogP contribution in [-0.2, 0) is 24.8 Å². The number of imidazole rings is 1. The Hall–Kier alpha value is -1.89. The molecule has 3 rings (SSSR count). The van der Waals surface area contributed by atoms with Crippen molar-refractivity contribution in [1.29, 1.82) is 0 Å². The van der Waals surface area contributed by atoms with Crippen LogP contribution in [0.5, 0.6) is 0 Å². The highest BCUT2D eigenvalue weighted by Gasteiger charge is 2.44. The van der Waals surface area contributed by atoms with Crippen LogP contribution in [-0.4, -0.2) is 56.5 Å². The van der Waals surface area contributed by atoms with Crippen molar-refractivity contribution < 1.29 is 9.59 Å². The second kappa shape index (κ2) is 5.88. The third-order valence-electron chi connectivity index (χ3n) is 4.97. The zero-order valence-electron chi connectivity index (χ0n) is 15.2. The molecule has 3 heterocycles. The highest BCUT2D eigenvalue weighted by molar-refractivity contribution is 6.06. The van der Waals surface area contributed by atoms with Gasteiger partial charge in [-0.25, -0.2) is 9.78 Å². The Labute approximate surface area is 143 Å². The Kier molecular flexibility index (Phi) is 4.15. The minimum absolute atomic E-state index is 0.148. The predicted octanol–water partition coefficient (Wildman–Crippen LogP) is 1.23. The fourth-order valence-electron chi connectivity index (χ4n) is 3.57. The lowest BCUT2D eigenvalue weighted by atomic mass is 10.1. The van der Waals surface area contributed by atoms with E-state index >= 15 is 0 Å². The van der Waals surface area contributed by atoms with Gasteiger partial charge in [-0.1, -0.05) is 13.8 Å².